The van der Waals surface area contributed by atoms with Gasteiger partial charge in [0.05, 0.1) is 6.61 Å². The molecule has 0 fully saturated rings. The number of hydrogen-bond acceptors (Lipinski definition) is 5. The van der Waals surface area contributed by atoms with Gasteiger partial charge < -0.3 is 15.3 Å². The van der Waals surface area contributed by atoms with Gasteiger partial charge in [-0.2, -0.15) is 0 Å². The van der Waals surface area contributed by atoms with E-state index in [0.717, 1.165) is 24.6 Å². The van der Waals surface area contributed by atoms with E-state index in [1.54, 1.807) is 0 Å². The van der Waals surface area contributed by atoms with Crippen molar-refractivity contribution in [3.8, 4) is 0 Å². The van der Waals surface area contributed by atoms with Crippen molar-refractivity contribution in [2.45, 2.75) is 13.3 Å². The lowest BCUT2D eigenvalue weighted by atomic mass is 10.4. The summed E-state index contributed by atoms with van der Waals surface area (Å²) in [6.45, 7) is 3.70. The molecule has 0 saturated carbocycles. The highest BCUT2D eigenvalue weighted by atomic mass is 16.3. The molecule has 1 aromatic rings. The number of anilines is 2. The minimum absolute atomic E-state index is 0.123. The van der Waals surface area contributed by atoms with Crippen molar-refractivity contribution >= 4 is 11.6 Å². The second-order valence-corrected chi connectivity index (χ2v) is 3.33. The van der Waals surface area contributed by atoms with E-state index in [1.807, 2.05) is 18.0 Å². The Bertz CT molecular complexity index is 293. The molecule has 2 N–H and O–H groups in total. The van der Waals surface area contributed by atoms with Gasteiger partial charge in [0.2, 0.25) is 0 Å². The second-order valence-electron chi connectivity index (χ2n) is 3.33. The number of aromatic nitrogens is 2. The highest BCUT2D eigenvalue weighted by Crippen LogP contribution is 2.11. The molecule has 0 aliphatic heterocycles. The van der Waals surface area contributed by atoms with E-state index in [4.69, 9.17) is 5.11 Å². The number of likely N-dealkylation sites (N-methyl/N-ethyl adjacent to an activating group) is 1. The lowest BCUT2D eigenvalue weighted by Gasteiger charge is -2.16. The first-order chi connectivity index (χ1) is 7.27. The van der Waals surface area contributed by atoms with E-state index in [-0.39, 0.29) is 6.61 Å². The molecule has 1 heterocycles. The molecule has 5 heteroatoms. The number of hydrogen-bond donors (Lipinski definition) is 2. The quantitative estimate of drug-likeness (QED) is 0.724. The topological polar surface area (TPSA) is 61.3 Å². The van der Waals surface area contributed by atoms with E-state index in [0.29, 0.717) is 6.54 Å². The third-order valence-electron chi connectivity index (χ3n) is 2.04. The largest absolute Gasteiger partial charge is 0.395 e. The van der Waals surface area contributed by atoms with Gasteiger partial charge in [-0.3, -0.25) is 0 Å². The molecule has 0 aromatic carbocycles. The maximum Gasteiger partial charge on any atom is 0.133 e. The van der Waals surface area contributed by atoms with E-state index in [9.17, 15) is 0 Å². The maximum absolute atomic E-state index is 8.81. The lowest BCUT2D eigenvalue weighted by molar-refractivity contribution is 0.304. The van der Waals surface area contributed by atoms with Gasteiger partial charge in [-0.25, -0.2) is 9.97 Å². The van der Waals surface area contributed by atoms with Crippen molar-refractivity contribution in [3.63, 3.8) is 0 Å². The molecular weight excluding hydrogens is 192 g/mol. The Labute approximate surface area is 90.2 Å². The minimum Gasteiger partial charge on any atom is -0.395 e. The molecule has 1 rings (SSSR count). The third kappa shape index (κ3) is 3.71. The maximum atomic E-state index is 8.81. The fraction of sp³-hybridized carbons (Fsp3) is 0.600. The van der Waals surface area contributed by atoms with Crippen LogP contribution < -0.4 is 10.2 Å². The van der Waals surface area contributed by atoms with E-state index >= 15 is 0 Å². The normalized spacial score (nSPS) is 10.1. The molecule has 84 valence electrons. The van der Waals surface area contributed by atoms with Gasteiger partial charge in [-0.15, -0.1) is 0 Å². The molecule has 0 atom stereocenters. The number of nitrogens with zero attached hydrogens (tertiary/aromatic N) is 3. The number of nitrogens with one attached hydrogen (secondary N) is 1. The molecule has 0 amide bonds. The van der Waals surface area contributed by atoms with Crippen LogP contribution in [0.3, 0.4) is 0 Å². The Hall–Kier alpha value is -1.36. The van der Waals surface area contributed by atoms with Crippen molar-refractivity contribution in [2.24, 2.45) is 0 Å². The number of rotatable bonds is 6. The van der Waals surface area contributed by atoms with Crippen LogP contribution in [-0.2, 0) is 0 Å². The Kier molecular flexibility index (Phi) is 4.83. The summed E-state index contributed by atoms with van der Waals surface area (Å²) in [5.74, 6) is 1.64. The van der Waals surface area contributed by atoms with Crippen LogP contribution in [0.2, 0.25) is 0 Å². The first-order valence-electron chi connectivity index (χ1n) is 5.15. The standard InChI is InChI=1S/C10H18N4O/c1-3-4-11-9-7-10(13-8-12-9)14(2)5-6-15/h7-8,15H,3-6H2,1-2H3,(H,11,12,13). The average Bonchev–Trinajstić information content (AvgIpc) is 2.27. The first-order valence-corrected chi connectivity index (χ1v) is 5.15. The van der Waals surface area contributed by atoms with Crippen LogP contribution in [-0.4, -0.2) is 41.8 Å². The zero-order valence-corrected chi connectivity index (χ0v) is 9.27. The van der Waals surface area contributed by atoms with Crippen LogP contribution in [0.1, 0.15) is 13.3 Å². The number of aliphatic hydroxyl groups excluding tert-OH is 1. The number of aliphatic hydroxyl groups is 1. The van der Waals surface area contributed by atoms with Gasteiger partial charge in [0, 0.05) is 26.2 Å². The molecule has 1 aromatic heterocycles. The van der Waals surface area contributed by atoms with Crippen LogP contribution in [0.25, 0.3) is 0 Å². The minimum atomic E-state index is 0.123. The molecular formula is C10H18N4O. The monoisotopic (exact) mass is 210 g/mol. The van der Waals surface area contributed by atoms with Crippen LogP contribution in [0.15, 0.2) is 12.4 Å². The smallest absolute Gasteiger partial charge is 0.133 e. The zero-order valence-electron chi connectivity index (χ0n) is 9.27. The summed E-state index contributed by atoms with van der Waals surface area (Å²) in [5.41, 5.74) is 0. The van der Waals surface area contributed by atoms with E-state index < -0.39 is 0 Å². The highest BCUT2D eigenvalue weighted by Gasteiger charge is 2.02. The molecule has 0 bridgehead atoms. The second kappa shape index (κ2) is 6.19. The first kappa shape index (κ1) is 11.7. The van der Waals surface area contributed by atoms with E-state index in [2.05, 4.69) is 22.2 Å². The SMILES string of the molecule is CCCNc1cc(N(C)CCO)ncn1. The highest BCUT2D eigenvalue weighted by molar-refractivity contribution is 5.47. The molecule has 0 unspecified atom stereocenters. The summed E-state index contributed by atoms with van der Waals surface area (Å²) < 4.78 is 0. The molecule has 0 radical (unpaired) electrons. The fourth-order valence-corrected chi connectivity index (χ4v) is 1.17. The Morgan fingerprint density at radius 3 is 2.93 bits per heavy atom. The van der Waals surface area contributed by atoms with Gasteiger partial charge in [0.25, 0.3) is 0 Å². The predicted octanol–water partition coefficient (Wildman–Crippen LogP) is 0.727. The Morgan fingerprint density at radius 1 is 1.47 bits per heavy atom. The van der Waals surface area contributed by atoms with Crippen molar-refractivity contribution in [2.75, 3.05) is 37.0 Å². The Balaban J connectivity index is 2.64. The molecule has 0 saturated heterocycles. The molecule has 5 nitrogen and oxygen atoms in total. The van der Waals surface area contributed by atoms with Gasteiger partial charge in [-0.1, -0.05) is 6.92 Å². The van der Waals surface area contributed by atoms with Gasteiger partial charge in [0.1, 0.15) is 18.0 Å². The van der Waals surface area contributed by atoms with Crippen LogP contribution >= 0.6 is 0 Å². The third-order valence-corrected chi connectivity index (χ3v) is 2.04. The summed E-state index contributed by atoms with van der Waals surface area (Å²) in [4.78, 5) is 10.1. The van der Waals surface area contributed by atoms with Crippen LogP contribution in [0, 0.1) is 0 Å². The zero-order chi connectivity index (χ0) is 11.1. The molecule has 0 aliphatic rings. The van der Waals surface area contributed by atoms with Crippen LogP contribution in [0.4, 0.5) is 11.6 Å². The van der Waals surface area contributed by atoms with Crippen molar-refractivity contribution in [3.05, 3.63) is 12.4 Å². The van der Waals surface area contributed by atoms with Crippen LogP contribution in [0.5, 0.6) is 0 Å². The van der Waals surface area contributed by atoms with Gasteiger partial charge >= 0.3 is 0 Å². The van der Waals surface area contributed by atoms with Crippen molar-refractivity contribution in [1.82, 2.24) is 9.97 Å². The summed E-state index contributed by atoms with van der Waals surface area (Å²) in [7, 11) is 1.89. The van der Waals surface area contributed by atoms with Crippen molar-refractivity contribution in [1.29, 1.82) is 0 Å². The summed E-state index contributed by atoms with van der Waals surface area (Å²) in [5, 5.41) is 12.0. The Morgan fingerprint density at radius 2 is 2.27 bits per heavy atom. The summed E-state index contributed by atoms with van der Waals surface area (Å²) >= 11 is 0. The molecule has 15 heavy (non-hydrogen) atoms. The lowest BCUT2D eigenvalue weighted by Crippen LogP contribution is -2.22. The predicted molar refractivity (Wildman–Crippen MR) is 61.2 cm³/mol. The summed E-state index contributed by atoms with van der Waals surface area (Å²) in [6, 6.07) is 1.88. The summed E-state index contributed by atoms with van der Waals surface area (Å²) in [6.07, 6.45) is 2.59. The van der Waals surface area contributed by atoms with E-state index in [1.165, 1.54) is 6.33 Å². The fourth-order valence-electron chi connectivity index (χ4n) is 1.17. The molecule has 0 aliphatic carbocycles. The van der Waals surface area contributed by atoms with Gasteiger partial charge in [0.15, 0.2) is 0 Å². The van der Waals surface area contributed by atoms with Crippen molar-refractivity contribution < 1.29 is 5.11 Å². The van der Waals surface area contributed by atoms with Gasteiger partial charge in [-0.05, 0) is 6.42 Å². The molecule has 0 spiro atoms. The average molecular weight is 210 g/mol.